The van der Waals surface area contributed by atoms with Crippen LogP contribution in [-0.4, -0.2) is 15.0 Å². The molecule has 2 N–H and O–H groups in total. The number of aromatic nitrogens is 3. The summed E-state index contributed by atoms with van der Waals surface area (Å²) in [5, 5.41) is 8.39. The van der Waals surface area contributed by atoms with Crippen LogP contribution in [0.25, 0.3) is 5.69 Å². The molecule has 76 valence electrons. The SMILES string of the molecule is C=CC(N)c1cnn(-c2ccccc2)n1. The van der Waals surface area contributed by atoms with Gasteiger partial charge in [0.05, 0.1) is 17.9 Å². The number of benzene rings is 1. The molecule has 2 aromatic rings. The number of rotatable bonds is 3. The van der Waals surface area contributed by atoms with E-state index in [0.29, 0.717) is 5.69 Å². The van der Waals surface area contributed by atoms with E-state index in [-0.39, 0.29) is 6.04 Å². The lowest BCUT2D eigenvalue weighted by atomic mass is 10.2. The van der Waals surface area contributed by atoms with Crippen molar-refractivity contribution in [2.24, 2.45) is 5.73 Å². The Bertz CT molecular complexity index is 447. The highest BCUT2D eigenvalue weighted by atomic mass is 15.5. The van der Waals surface area contributed by atoms with E-state index < -0.39 is 0 Å². The smallest absolute Gasteiger partial charge is 0.104 e. The van der Waals surface area contributed by atoms with Gasteiger partial charge in [0.2, 0.25) is 0 Å². The Kier molecular flexibility index (Phi) is 2.60. The number of hydrogen-bond donors (Lipinski definition) is 1. The first-order valence-electron chi connectivity index (χ1n) is 4.67. The van der Waals surface area contributed by atoms with Crippen LogP contribution in [0.15, 0.2) is 49.2 Å². The van der Waals surface area contributed by atoms with E-state index in [1.54, 1.807) is 17.1 Å². The standard InChI is InChI=1S/C11H12N4/c1-2-10(12)11-8-13-15(14-11)9-6-4-3-5-7-9/h2-8,10H,1,12H2. The molecular formula is C11H12N4. The van der Waals surface area contributed by atoms with Crippen molar-refractivity contribution in [3.8, 4) is 5.69 Å². The van der Waals surface area contributed by atoms with Crippen LogP contribution in [-0.2, 0) is 0 Å². The van der Waals surface area contributed by atoms with Gasteiger partial charge in [-0.2, -0.15) is 15.0 Å². The number of nitrogens with two attached hydrogens (primary N) is 1. The maximum atomic E-state index is 5.75. The van der Waals surface area contributed by atoms with Crippen LogP contribution in [0.4, 0.5) is 0 Å². The van der Waals surface area contributed by atoms with Gasteiger partial charge in [-0.05, 0) is 12.1 Å². The molecule has 0 amide bonds. The van der Waals surface area contributed by atoms with Crippen LogP contribution >= 0.6 is 0 Å². The summed E-state index contributed by atoms with van der Waals surface area (Å²) in [7, 11) is 0. The quantitative estimate of drug-likeness (QED) is 0.763. The molecule has 1 atom stereocenters. The van der Waals surface area contributed by atoms with Crippen molar-refractivity contribution < 1.29 is 0 Å². The predicted molar refractivity (Wildman–Crippen MR) is 58.5 cm³/mol. The molecule has 1 aromatic heterocycles. The first-order chi connectivity index (χ1) is 7.31. The van der Waals surface area contributed by atoms with Crippen molar-refractivity contribution in [3.05, 3.63) is 54.9 Å². The van der Waals surface area contributed by atoms with Gasteiger partial charge in [-0.15, -0.1) is 6.58 Å². The number of para-hydroxylation sites is 1. The van der Waals surface area contributed by atoms with Crippen LogP contribution in [0, 0.1) is 0 Å². The van der Waals surface area contributed by atoms with Crippen molar-refractivity contribution in [2.45, 2.75) is 6.04 Å². The Morgan fingerprint density at radius 1 is 1.33 bits per heavy atom. The van der Waals surface area contributed by atoms with Crippen LogP contribution in [0.1, 0.15) is 11.7 Å². The molecule has 0 spiro atoms. The summed E-state index contributed by atoms with van der Waals surface area (Å²) in [5.41, 5.74) is 7.38. The minimum absolute atomic E-state index is 0.262. The van der Waals surface area contributed by atoms with Gasteiger partial charge in [0.25, 0.3) is 0 Å². The van der Waals surface area contributed by atoms with Gasteiger partial charge in [-0.1, -0.05) is 24.3 Å². The maximum Gasteiger partial charge on any atom is 0.104 e. The van der Waals surface area contributed by atoms with Gasteiger partial charge in [0, 0.05) is 0 Å². The zero-order chi connectivity index (χ0) is 10.7. The average Bonchev–Trinajstić information content (AvgIpc) is 2.78. The zero-order valence-electron chi connectivity index (χ0n) is 8.24. The summed E-state index contributed by atoms with van der Waals surface area (Å²) in [4.78, 5) is 1.55. The molecule has 0 aliphatic heterocycles. The van der Waals surface area contributed by atoms with E-state index >= 15 is 0 Å². The molecule has 15 heavy (non-hydrogen) atoms. The fourth-order valence-corrected chi connectivity index (χ4v) is 1.23. The van der Waals surface area contributed by atoms with Gasteiger partial charge >= 0.3 is 0 Å². The van der Waals surface area contributed by atoms with Crippen molar-refractivity contribution in [1.29, 1.82) is 0 Å². The lowest BCUT2D eigenvalue weighted by Crippen LogP contribution is -2.08. The molecule has 4 nitrogen and oxygen atoms in total. The third kappa shape index (κ3) is 1.94. The van der Waals surface area contributed by atoms with Gasteiger partial charge in [-0.25, -0.2) is 0 Å². The largest absolute Gasteiger partial charge is 0.319 e. The topological polar surface area (TPSA) is 56.7 Å². The Morgan fingerprint density at radius 2 is 2.07 bits per heavy atom. The third-order valence-electron chi connectivity index (χ3n) is 2.09. The van der Waals surface area contributed by atoms with E-state index in [2.05, 4.69) is 16.8 Å². The molecule has 1 unspecified atom stereocenters. The molecule has 0 bridgehead atoms. The van der Waals surface area contributed by atoms with Crippen LogP contribution in [0.3, 0.4) is 0 Å². The highest BCUT2D eigenvalue weighted by Crippen LogP contribution is 2.09. The first-order valence-corrected chi connectivity index (χ1v) is 4.67. The predicted octanol–water partition coefficient (Wildman–Crippen LogP) is 1.45. The van der Waals surface area contributed by atoms with Gasteiger partial charge < -0.3 is 5.73 Å². The first kappa shape index (κ1) is 9.61. The van der Waals surface area contributed by atoms with E-state index in [9.17, 15) is 0 Å². The Morgan fingerprint density at radius 3 is 2.73 bits per heavy atom. The molecule has 1 heterocycles. The van der Waals surface area contributed by atoms with E-state index in [0.717, 1.165) is 5.69 Å². The minimum Gasteiger partial charge on any atom is -0.319 e. The second-order valence-electron chi connectivity index (χ2n) is 3.16. The maximum absolute atomic E-state index is 5.75. The molecule has 4 heteroatoms. The Balaban J connectivity index is 2.32. The van der Waals surface area contributed by atoms with E-state index in [4.69, 9.17) is 5.73 Å². The number of nitrogens with zero attached hydrogens (tertiary/aromatic N) is 3. The van der Waals surface area contributed by atoms with Crippen LogP contribution < -0.4 is 5.73 Å². The molecule has 0 aliphatic rings. The summed E-state index contributed by atoms with van der Waals surface area (Å²) >= 11 is 0. The highest BCUT2D eigenvalue weighted by Gasteiger charge is 2.06. The molecule has 0 radical (unpaired) electrons. The summed E-state index contributed by atoms with van der Waals surface area (Å²) in [6.07, 6.45) is 3.29. The van der Waals surface area contributed by atoms with Crippen molar-refractivity contribution in [2.75, 3.05) is 0 Å². The van der Waals surface area contributed by atoms with Crippen molar-refractivity contribution in [1.82, 2.24) is 15.0 Å². The summed E-state index contributed by atoms with van der Waals surface area (Å²) in [6.45, 7) is 3.62. The number of hydrogen-bond acceptors (Lipinski definition) is 3. The van der Waals surface area contributed by atoms with E-state index in [1.807, 2.05) is 30.3 Å². The molecule has 0 aliphatic carbocycles. The lowest BCUT2D eigenvalue weighted by molar-refractivity contribution is 0.725. The van der Waals surface area contributed by atoms with Crippen LogP contribution in [0.5, 0.6) is 0 Å². The zero-order valence-corrected chi connectivity index (χ0v) is 8.24. The van der Waals surface area contributed by atoms with Gasteiger partial charge in [-0.3, -0.25) is 0 Å². The fourth-order valence-electron chi connectivity index (χ4n) is 1.23. The van der Waals surface area contributed by atoms with Gasteiger partial charge in [0.1, 0.15) is 5.69 Å². The second-order valence-corrected chi connectivity index (χ2v) is 3.16. The normalized spacial score (nSPS) is 12.3. The Hall–Kier alpha value is -1.94. The third-order valence-corrected chi connectivity index (χ3v) is 2.09. The molecule has 1 aromatic carbocycles. The Labute approximate surface area is 88.0 Å². The average molecular weight is 200 g/mol. The van der Waals surface area contributed by atoms with Crippen molar-refractivity contribution in [3.63, 3.8) is 0 Å². The molecule has 0 saturated carbocycles. The van der Waals surface area contributed by atoms with Crippen LogP contribution in [0.2, 0.25) is 0 Å². The monoisotopic (exact) mass is 200 g/mol. The lowest BCUT2D eigenvalue weighted by Gasteiger charge is -2.00. The fraction of sp³-hybridized carbons (Fsp3) is 0.0909. The summed E-state index contributed by atoms with van der Waals surface area (Å²) in [5.74, 6) is 0. The molecule has 0 fully saturated rings. The highest BCUT2D eigenvalue weighted by molar-refractivity contribution is 5.28. The summed E-state index contributed by atoms with van der Waals surface area (Å²) in [6, 6.07) is 9.43. The molecule has 2 rings (SSSR count). The minimum atomic E-state index is -0.262. The van der Waals surface area contributed by atoms with E-state index in [1.165, 1.54) is 0 Å². The summed E-state index contributed by atoms with van der Waals surface area (Å²) < 4.78 is 0. The second kappa shape index (κ2) is 4.06. The molecular weight excluding hydrogens is 188 g/mol. The van der Waals surface area contributed by atoms with Crippen molar-refractivity contribution >= 4 is 0 Å². The van der Waals surface area contributed by atoms with Gasteiger partial charge in [0.15, 0.2) is 0 Å². The molecule has 0 saturated heterocycles.